The molecule has 4 aliphatic rings. The summed E-state index contributed by atoms with van der Waals surface area (Å²) in [5.41, 5.74) is 0.563. The third-order valence-corrected chi connectivity index (χ3v) is 6.01. The zero-order chi connectivity index (χ0) is 16.0. The summed E-state index contributed by atoms with van der Waals surface area (Å²) in [7, 11) is 0. The van der Waals surface area contributed by atoms with Gasteiger partial charge in [0.2, 0.25) is 0 Å². The van der Waals surface area contributed by atoms with Gasteiger partial charge >= 0.3 is 0 Å². The number of amides is 1. The molecule has 4 aliphatic carbocycles. The summed E-state index contributed by atoms with van der Waals surface area (Å²) in [5.74, 6) is 0.577. The molecule has 0 aromatic heterocycles. The molecular formula is C18H23F2N2O+. The summed E-state index contributed by atoms with van der Waals surface area (Å²) in [6.45, 7) is 0.352. The fraction of sp³-hybridized carbons (Fsp3) is 0.611. The Morgan fingerprint density at radius 2 is 1.70 bits per heavy atom. The normalized spacial score (nSPS) is 34.6. The second-order valence-electron chi connectivity index (χ2n) is 7.87. The topological polar surface area (TPSA) is 45.7 Å². The number of halogens is 2. The van der Waals surface area contributed by atoms with E-state index in [1.807, 2.05) is 0 Å². The lowest BCUT2D eigenvalue weighted by atomic mass is 9.53. The second-order valence-corrected chi connectivity index (χ2v) is 7.87. The van der Waals surface area contributed by atoms with Gasteiger partial charge in [-0.25, -0.2) is 8.78 Å². The van der Waals surface area contributed by atoms with Crippen LogP contribution < -0.4 is 10.6 Å². The second kappa shape index (κ2) is 5.55. The smallest absolute Gasteiger partial charge is 0.279 e. The fourth-order valence-electron chi connectivity index (χ4n) is 5.52. The van der Waals surface area contributed by atoms with Gasteiger partial charge in [-0.05, 0) is 49.1 Å². The van der Waals surface area contributed by atoms with Crippen LogP contribution in [0.1, 0.15) is 38.5 Å². The van der Waals surface area contributed by atoms with Crippen molar-refractivity contribution in [3.63, 3.8) is 0 Å². The van der Waals surface area contributed by atoms with Crippen molar-refractivity contribution < 1.29 is 18.9 Å². The summed E-state index contributed by atoms with van der Waals surface area (Å²) in [4.78, 5) is 12.1. The third kappa shape index (κ3) is 2.99. The quantitative estimate of drug-likeness (QED) is 0.879. The van der Waals surface area contributed by atoms with Gasteiger partial charge in [-0.2, -0.15) is 0 Å². The molecule has 4 fully saturated rings. The summed E-state index contributed by atoms with van der Waals surface area (Å²) < 4.78 is 26.1. The maximum atomic E-state index is 13.2. The van der Waals surface area contributed by atoms with Gasteiger partial charge in [0.25, 0.3) is 5.91 Å². The van der Waals surface area contributed by atoms with Gasteiger partial charge in [0.1, 0.15) is 0 Å². The molecule has 0 saturated heterocycles. The minimum absolute atomic E-state index is 0.147. The van der Waals surface area contributed by atoms with Crippen LogP contribution in [0, 0.1) is 29.4 Å². The molecule has 4 saturated carbocycles. The number of hydrogen-bond acceptors (Lipinski definition) is 1. The number of nitrogens with one attached hydrogen (secondary N) is 1. The SMILES string of the molecule is O=C(C[NH2+]C12CC3CC(CC(C3)C1)C2)Nc1ccc(F)c(F)c1. The molecule has 3 N–H and O–H groups in total. The van der Waals surface area contributed by atoms with Gasteiger partial charge in [0, 0.05) is 31.0 Å². The van der Waals surface area contributed by atoms with E-state index in [1.54, 1.807) is 0 Å². The molecule has 5 heteroatoms. The summed E-state index contributed by atoms with van der Waals surface area (Å²) in [5, 5.41) is 4.88. The predicted molar refractivity (Wildman–Crippen MR) is 82.7 cm³/mol. The number of rotatable bonds is 4. The summed E-state index contributed by atoms with van der Waals surface area (Å²) in [6.07, 6.45) is 7.85. The highest BCUT2D eigenvalue weighted by Crippen LogP contribution is 2.54. The van der Waals surface area contributed by atoms with Gasteiger partial charge in [-0.1, -0.05) is 0 Å². The highest BCUT2D eigenvalue weighted by atomic mass is 19.2. The number of benzene rings is 1. The molecule has 0 heterocycles. The van der Waals surface area contributed by atoms with E-state index in [9.17, 15) is 13.6 Å². The van der Waals surface area contributed by atoms with Crippen molar-refractivity contribution in [3.8, 4) is 0 Å². The van der Waals surface area contributed by atoms with Crippen molar-refractivity contribution in [2.45, 2.75) is 44.1 Å². The Hall–Kier alpha value is -1.49. The van der Waals surface area contributed by atoms with E-state index in [0.717, 1.165) is 29.9 Å². The molecular weight excluding hydrogens is 298 g/mol. The largest absolute Gasteiger partial charge is 0.334 e. The molecule has 0 aliphatic heterocycles. The van der Waals surface area contributed by atoms with Crippen molar-refractivity contribution in [2.24, 2.45) is 17.8 Å². The maximum absolute atomic E-state index is 13.2. The number of nitrogens with two attached hydrogens (primary N) is 1. The minimum Gasteiger partial charge on any atom is -0.334 e. The lowest BCUT2D eigenvalue weighted by Crippen LogP contribution is -3.00. The first-order valence-corrected chi connectivity index (χ1v) is 8.61. The minimum atomic E-state index is -0.937. The van der Waals surface area contributed by atoms with Crippen LogP contribution in [0.15, 0.2) is 18.2 Å². The van der Waals surface area contributed by atoms with Crippen LogP contribution in [-0.2, 0) is 4.79 Å². The van der Waals surface area contributed by atoms with E-state index in [-0.39, 0.29) is 11.4 Å². The van der Waals surface area contributed by atoms with Crippen LogP contribution >= 0.6 is 0 Å². The average molecular weight is 321 g/mol. The number of carbonyl (C=O) groups is 1. The molecule has 1 aromatic carbocycles. The molecule has 0 atom stereocenters. The van der Waals surface area contributed by atoms with Crippen molar-refractivity contribution in [1.82, 2.24) is 0 Å². The van der Waals surface area contributed by atoms with Crippen LogP contribution in [0.25, 0.3) is 0 Å². The van der Waals surface area contributed by atoms with Crippen LogP contribution in [0.2, 0.25) is 0 Å². The highest BCUT2D eigenvalue weighted by molar-refractivity contribution is 5.91. The van der Waals surface area contributed by atoms with E-state index >= 15 is 0 Å². The van der Waals surface area contributed by atoms with Crippen LogP contribution in [0.5, 0.6) is 0 Å². The van der Waals surface area contributed by atoms with Gasteiger partial charge in [0.05, 0.1) is 5.54 Å². The van der Waals surface area contributed by atoms with Gasteiger partial charge < -0.3 is 10.6 Å². The third-order valence-electron chi connectivity index (χ3n) is 6.01. The monoisotopic (exact) mass is 321 g/mol. The number of hydrogen-bond donors (Lipinski definition) is 2. The Kier molecular flexibility index (Phi) is 3.63. The molecule has 23 heavy (non-hydrogen) atoms. The molecule has 3 nitrogen and oxygen atoms in total. The Labute approximate surface area is 134 Å². The van der Waals surface area contributed by atoms with Gasteiger partial charge in [-0.15, -0.1) is 0 Å². The molecule has 4 bridgehead atoms. The van der Waals surface area contributed by atoms with E-state index in [0.29, 0.717) is 12.2 Å². The van der Waals surface area contributed by atoms with E-state index in [4.69, 9.17) is 0 Å². The fourth-order valence-corrected chi connectivity index (χ4v) is 5.52. The van der Waals surface area contributed by atoms with Gasteiger partial charge in [0.15, 0.2) is 18.2 Å². The standard InChI is InChI=1S/C18H22F2N2O/c19-15-2-1-14(6-16(15)20)22-17(23)10-21-18-7-11-3-12(8-18)5-13(4-11)9-18/h1-2,6,11-13,21H,3-5,7-10H2,(H,22,23)/p+1. The Bertz CT molecular complexity index is 596. The molecule has 0 radical (unpaired) electrons. The molecule has 5 rings (SSSR count). The first-order valence-electron chi connectivity index (χ1n) is 8.61. The first kappa shape index (κ1) is 15.1. The van der Waals surface area contributed by atoms with E-state index in [2.05, 4.69) is 10.6 Å². The van der Waals surface area contributed by atoms with Crippen molar-refractivity contribution >= 4 is 11.6 Å². The Morgan fingerprint density at radius 1 is 1.09 bits per heavy atom. The Morgan fingerprint density at radius 3 is 2.26 bits per heavy atom. The van der Waals surface area contributed by atoms with Crippen molar-refractivity contribution in [3.05, 3.63) is 29.8 Å². The molecule has 0 unspecified atom stereocenters. The zero-order valence-corrected chi connectivity index (χ0v) is 13.2. The van der Waals surface area contributed by atoms with Crippen molar-refractivity contribution in [2.75, 3.05) is 11.9 Å². The molecule has 0 spiro atoms. The molecule has 1 amide bonds. The molecule has 124 valence electrons. The van der Waals surface area contributed by atoms with Gasteiger partial charge in [-0.3, -0.25) is 4.79 Å². The van der Waals surface area contributed by atoms with E-state index < -0.39 is 11.6 Å². The molecule has 1 aromatic rings. The predicted octanol–water partition coefficient (Wildman–Crippen LogP) is 2.44. The maximum Gasteiger partial charge on any atom is 0.279 e. The Balaban J connectivity index is 1.35. The highest BCUT2D eigenvalue weighted by Gasteiger charge is 2.53. The van der Waals surface area contributed by atoms with Crippen molar-refractivity contribution in [1.29, 1.82) is 0 Å². The lowest BCUT2D eigenvalue weighted by Gasteiger charge is -2.54. The summed E-state index contributed by atoms with van der Waals surface area (Å²) >= 11 is 0. The summed E-state index contributed by atoms with van der Waals surface area (Å²) in [6, 6.07) is 3.45. The average Bonchev–Trinajstić information content (AvgIpc) is 2.48. The zero-order valence-electron chi connectivity index (χ0n) is 13.2. The van der Waals surface area contributed by atoms with Crippen LogP contribution in [-0.4, -0.2) is 18.0 Å². The number of quaternary nitrogens is 1. The first-order chi connectivity index (χ1) is 11.0. The lowest BCUT2D eigenvalue weighted by molar-refractivity contribution is -0.729. The van der Waals surface area contributed by atoms with Crippen LogP contribution in [0.3, 0.4) is 0 Å². The number of anilines is 1. The van der Waals surface area contributed by atoms with Crippen LogP contribution in [0.4, 0.5) is 14.5 Å². The number of carbonyl (C=O) groups excluding carboxylic acids is 1. The van der Waals surface area contributed by atoms with E-state index in [1.165, 1.54) is 44.6 Å².